The van der Waals surface area contributed by atoms with Gasteiger partial charge in [0, 0.05) is 13.2 Å². The molecule has 3 rings (SSSR count). The van der Waals surface area contributed by atoms with Gasteiger partial charge in [-0.2, -0.15) is 5.10 Å². The Morgan fingerprint density at radius 3 is 2.76 bits per heavy atom. The predicted octanol–water partition coefficient (Wildman–Crippen LogP) is 2.04. The van der Waals surface area contributed by atoms with E-state index >= 15 is 0 Å². The van der Waals surface area contributed by atoms with Crippen molar-refractivity contribution in [2.75, 3.05) is 0 Å². The Labute approximate surface area is 124 Å². The van der Waals surface area contributed by atoms with E-state index in [-0.39, 0.29) is 10.6 Å². The summed E-state index contributed by atoms with van der Waals surface area (Å²) in [5, 5.41) is 21.9. The highest BCUT2D eigenvalue weighted by Gasteiger charge is 2.17. The van der Waals surface area contributed by atoms with Crippen LogP contribution in [0.25, 0.3) is 17.2 Å². The minimum Gasteiger partial charge on any atom is -0.478 e. The second kappa shape index (κ2) is 4.85. The highest BCUT2D eigenvalue weighted by Crippen LogP contribution is 2.24. The Morgan fingerprint density at radius 1 is 1.38 bits per heavy atom. The smallest absolute Gasteiger partial charge is 0.337 e. The minimum atomic E-state index is -1.06. The molecule has 0 saturated heterocycles. The summed E-state index contributed by atoms with van der Waals surface area (Å²) in [6, 6.07) is 3.26. The Kier molecular flexibility index (Phi) is 3.13. The molecule has 0 unspecified atom stereocenters. The molecule has 1 N–H and O–H groups in total. The molecule has 0 atom stereocenters. The number of hydrogen-bond acceptors (Lipinski definition) is 4. The lowest BCUT2D eigenvalue weighted by Crippen LogP contribution is -2.02. The number of fused-ring (bicyclic) bond motifs is 1. The Morgan fingerprint density at radius 2 is 2.14 bits per heavy atom. The summed E-state index contributed by atoms with van der Waals surface area (Å²) in [6.45, 7) is 2.01. The van der Waals surface area contributed by atoms with Crippen molar-refractivity contribution in [1.82, 2.24) is 24.4 Å². The van der Waals surface area contributed by atoms with Gasteiger partial charge in [-0.05, 0) is 18.6 Å². The average Bonchev–Trinajstić information content (AvgIpc) is 3.01. The molecule has 0 fully saturated rings. The zero-order valence-electron chi connectivity index (χ0n) is 11.4. The van der Waals surface area contributed by atoms with Crippen molar-refractivity contribution < 1.29 is 9.90 Å². The van der Waals surface area contributed by atoms with Crippen molar-refractivity contribution in [3.8, 4) is 11.5 Å². The first-order valence-corrected chi connectivity index (χ1v) is 6.70. The second-order valence-corrected chi connectivity index (χ2v) is 5.00. The average molecular weight is 306 g/mol. The molecule has 21 heavy (non-hydrogen) atoms. The van der Waals surface area contributed by atoms with Crippen LogP contribution >= 0.6 is 11.6 Å². The van der Waals surface area contributed by atoms with E-state index in [9.17, 15) is 4.79 Å². The molecule has 0 spiro atoms. The number of aromatic nitrogens is 5. The number of rotatable bonds is 3. The normalized spacial score (nSPS) is 11.2. The summed E-state index contributed by atoms with van der Waals surface area (Å²) in [7, 11) is 1.80. The molecule has 7 nitrogen and oxygen atoms in total. The molecule has 3 heterocycles. The minimum absolute atomic E-state index is 0.0754. The van der Waals surface area contributed by atoms with Gasteiger partial charge in [-0.3, -0.25) is 9.08 Å². The fraction of sp³-hybridized carbons (Fsp3) is 0.231. The van der Waals surface area contributed by atoms with Crippen LogP contribution < -0.4 is 0 Å². The van der Waals surface area contributed by atoms with Crippen LogP contribution in [-0.4, -0.2) is 35.5 Å². The number of hydrogen-bond donors (Lipinski definition) is 1. The maximum absolute atomic E-state index is 11.2. The van der Waals surface area contributed by atoms with E-state index in [0.29, 0.717) is 11.5 Å². The first kappa shape index (κ1) is 13.6. The lowest BCUT2D eigenvalue weighted by Gasteiger charge is -2.03. The Hall–Kier alpha value is -2.41. The molecule has 0 radical (unpaired) electrons. The Bertz CT molecular complexity index is 852. The SMILES string of the molecule is CCc1cc(-c2nnc3c(Cl)cc(C(=O)O)cn23)n(C)n1. The van der Waals surface area contributed by atoms with E-state index in [4.69, 9.17) is 16.7 Å². The largest absolute Gasteiger partial charge is 0.478 e. The molecule has 108 valence electrons. The van der Waals surface area contributed by atoms with Crippen LogP contribution in [0.1, 0.15) is 23.0 Å². The third-order valence-electron chi connectivity index (χ3n) is 3.23. The standard InChI is InChI=1S/C13H12ClN5O2/c1-3-8-5-10(18(2)17-8)12-16-15-11-9(14)4-7(13(20)21)6-19(11)12/h4-6H,3H2,1-2H3,(H,20,21). The third-order valence-corrected chi connectivity index (χ3v) is 3.51. The van der Waals surface area contributed by atoms with Gasteiger partial charge in [0.2, 0.25) is 0 Å². The number of nitrogens with zero attached hydrogens (tertiary/aromatic N) is 5. The molecule has 0 saturated carbocycles. The van der Waals surface area contributed by atoms with Gasteiger partial charge in [0.1, 0.15) is 5.69 Å². The van der Waals surface area contributed by atoms with Crippen LogP contribution in [0.5, 0.6) is 0 Å². The number of carboxylic acids is 1. The molecule has 3 aromatic rings. The number of carboxylic acid groups (broad SMARTS) is 1. The number of aryl methyl sites for hydroxylation is 2. The van der Waals surface area contributed by atoms with Crippen LogP contribution in [0.4, 0.5) is 0 Å². The van der Waals surface area contributed by atoms with Gasteiger partial charge >= 0.3 is 5.97 Å². The molecule has 8 heteroatoms. The van der Waals surface area contributed by atoms with Crippen LogP contribution in [0.2, 0.25) is 5.02 Å². The first-order valence-electron chi connectivity index (χ1n) is 6.32. The van der Waals surface area contributed by atoms with Gasteiger partial charge in [0.25, 0.3) is 0 Å². The molecule has 0 aliphatic rings. The van der Waals surface area contributed by atoms with E-state index in [1.54, 1.807) is 16.1 Å². The second-order valence-electron chi connectivity index (χ2n) is 4.60. The molecule has 0 amide bonds. The van der Waals surface area contributed by atoms with Crippen molar-refractivity contribution in [2.45, 2.75) is 13.3 Å². The van der Waals surface area contributed by atoms with Crippen molar-refractivity contribution >= 4 is 23.2 Å². The molecule has 0 aliphatic heterocycles. The van der Waals surface area contributed by atoms with E-state index < -0.39 is 5.97 Å². The highest BCUT2D eigenvalue weighted by molar-refractivity contribution is 6.33. The van der Waals surface area contributed by atoms with E-state index in [1.807, 2.05) is 13.0 Å². The van der Waals surface area contributed by atoms with Crippen molar-refractivity contribution in [3.05, 3.63) is 34.6 Å². The van der Waals surface area contributed by atoms with Gasteiger partial charge < -0.3 is 5.11 Å². The quantitative estimate of drug-likeness (QED) is 0.800. The zero-order chi connectivity index (χ0) is 15.1. The van der Waals surface area contributed by atoms with E-state index in [2.05, 4.69) is 15.3 Å². The summed E-state index contributed by atoms with van der Waals surface area (Å²) < 4.78 is 3.26. The number of pyridine rings is 1. The maximum Gasteiger partial charge on any atom is 0.337 e. The van der Waals surface area contributed by atoms with Crippen molar-refractivity contribution in [2.24, 2.45) is 7.05 Å². The highest BCUT2D eigenvalue weighted by atomic mass is 35.5. The first-order chi connectivity index (χ1) is 10.0. The van der Waals surface area contributed by atoms with Crippen LogP contribution in [0, 0.1) is 0 Å². The summed E-state index contributed by atoms with van der Waals surface area (Å²) >= 11 is 6.07. The lowest BCUT2D eigenvalue weighted by molar-refractivity contribution is 0.0696. The molecule has 3 aromatic heterocycles. The molecule has 0 aliphatic carbocycles. The lowest BCUT2D eigenvalue weighted by atomic mass is 10.2. The van der Waals surface area contributed by atoms with Gasteiger partial charge in [0.05, 0.1) is 16.3 Å². The van der Waals surface area contributed by atoms with Gasteiger partial charge in [-0.15, -0.1) is 10.2 Å². The van der Waals surface area contributed by atoms with Gasteiger partial charge in [-0.25, -0.2) is 4.79 Å². The topological polar surface area (TPSA) is 85.3 Å². The summed E-state index contributed by atoms with van der Waals surface area (Å²) in [5.74, 6) is -0.553. The number of carbonyl (C=O) groups is 1. The fourth-order valence-electron chi connectivity index (χ4n) is 2.15. The van der Waals surface area contributed by atoms with Crippen LogP contribution in [0.15, 0.2) is 18.3 Å². The Balaban J connectivity index is 2.27. The zero-order valence-corrected chi connectivity index (χ0v) is 12.2. The van der Waals surface area contributed by atoms with E-state index in [1.165, 1.54) is 12.3 Å². The van der Waals surface area contributed by atoms with Gasteiger partial charge in [-0.1, -0.05) is 18.5 Å². The molecular weight excluding hydrogens is 294 g/mol. The summed E-state index contributed by atoms with van der Waals surface area (Å²) in [5.41, 5.74) is 2.16. The van der Waals surface area contributed by atoms with Crippen molar-refractivity contribution in [3.63, 3.8) is 0 Å². The summed E-state index contributed by atoms with van der Waals surface area (Å²) in [4.78, 5) is 11.2. The summed E-state index contributed by atoms with van der Waals surface area (Å²) in [6.07, 6.45) is 2.25. The third kappa shape index (κ3) is 2.15. The fourth-order valence-corrected chi connectivity index (χ4v) is 2.40. The predicted molar refractivity (Wildman–Crippen MR) is 76.5 cm³/mol. The van der Waals surface area contributed by atoms with Crippen LogP contribution in [0.3, 0.4) is 0 Å². The molecule has 0 aromatic carbocycles. The molecule has 0 bridgehead atoms. The maximum atomic E-state index is 11.2. The number of aromatic carboxylic acids is 1. The van der Waals surface area contributed by atoms with Crippen LogP contribution in [-0.2, 0) is 13.5 Å². The van der Waals surface area contributed by atoms with Gasteiger partial charge in [0.15, 0.2) is 11.5 Å². The number of halogens is 1. The van der Waals surface area contributed by atoms with Crippen molar-refractivity contribution in [1.29, 1.82) is 0 Å². The molecular formula is C13H12ClN5O2. The van der Waals surface area contributed by atoms with E-state index in [0.717, 1.165) is 17.8 Å². The monoisotopic (exact) mass is 305 g/mol.